The summed E-state index contributed by atoms with van der Waals surface area (Å²) in [6, 6.07) is 7.07. The molecular weight excluding hydrogens is 552 g/mol. The van der Waals surface area contributed by atoms with Crippen molar-refractivity contribution in [3.8, 4) is 0 Å². The van der Waals surface area contributed by atoms with E-state index < -0.39 is 11.9 Å². The largest absolute Gasteiger partial charge is 0.503 e. The first-order chi connectivity index (χ1) is 12.9. The number of carbonyl (C=O) groups excluding carboxylic acids is 2. The van der Waals surface area contributed by atoms with Crippen LogP contribution in [-0.4, -0.2) is 31.1 Å². The molecule has 0 saturated heterocycles. The van der Waals surface area contributed by atoms with Crippen molar-refractivity contribution in [3.63, 3.8) is 0 Å². The van der Waals surface area contributed by atoms with Crippen molar-refractivity contribution >= 4 is 65.2 Å². The second-order valence-corrected chi connectivity index (χ2v) is 7.46. The minimum Gasteiger partial charge on any atom is -0.503 e. The van der Waals surface area contributed by atoms with E-state index in [1.54, 1.807) is 24.3 Å². The highest BCUT2D eigenvalue weighted by molar-refractivity contribution is 9.14. The zero-order valence-electron chi connectivity index (χ0n) is 14.3. The first-order valence-corrected chi connectivity index (χ1v) is 9.82. The molecule has 1 aromatic carbocycles. The predicted octanol–water partition coefficient (Wildman–Crippen LogP) is 4.32. The van der Waals surface area contributed by atoms with Crippen LogP contribution in [0.1, 0.15) is 21.6 Å². The van der Waals surface area contributed by atoms with Gasteiger partial charge in [0.2, 0.25) is 0 Å². The van der Waals surface area contributed by atoms with Gasteiger partial charge in [0.25, 0.3) is 5.91 Å². The van der Waals surface area contributed by atoms with Crippen LogP contribution in [0.4, 0.5) is 0 Å². The third-order valence-electron chi connectivity index (χ3n) is 3.41. The molecular formula is C17H15Br3N2O5. The number of rotatable bonds is 7. The highest BCUT2D eigenvalue weighted by atomic mass is 79.9. The minimum atomic E-state index is -0.543. The van der Waals surface area contributed by atoms with Crippen molar-refractivity contribution < 1.29 is 23.9 Å². The number of aromatic amines is 1. The summed E-state index contributed by atoms with van der Waals surface area (Å²) in [7, 11) is 2.72. The Hall–Kier alpha value is -1.62. The van der Waals surface area contributed by atoms with Crippen LogP contribution >= 0.6 is 47.8 Å². The molecule has 1 amide bonds. The molecule has 0 bridgehead atoms. The number of benzene rings is 1. The number of H-pyrrole nitrogens is 1. The Bertz CT molecular complexity index is 879. The molecule has 0 radical (unpaired) electrons. The number of amides is 1. The molecule has 27 heavy (non-hydrogen) atoms. The first-order valence-electron chi connectivity index (χ1n) is 7.44. The lowest BCUT2D eigenvalue weighted by molar-refractivity contribution is -0.133. The first kappa shape index (κ1) is 21.7. The number of carbonyl (C=O) groups is 2. The third-order valence-corrected chi connectivity index (χ3v) is 6.65. The molecule has 0 unspecified atom stereocenters. The van der Waals surface area contributed by atoms with Crippen LogP contribution in [-0.2, 0) is 25.7 Å². The number of aromatic nitrogens is 1. The Kier molecular flexibility index (Phi) is 8.08. The van der Waals surface area contributed by atoms with Gasteiger partial charge >= 0.3 is 5.97 Å². The van der Waals surface area contributed by atoms with Gasteiger partial charge < -0.3 is 14.5 Å². The quantitative estimate of drug-likeness (QED) is 0.225. The van der Waals surface area contributed by atoms with Crippen LogP contribution in [0.5, 0.6) is 0 Å². The average Bonchev–Trinajstić information content (AvgIpc) is 2.93. The molecule has 0 aliphatic rings. The van der Waals surface area contributed by atoms with E-state index >= 15 is 0 Å². The summed E-state index contributed by atoms with van der Waals surface area (Å²) in [5.41, 5.74) is 4.13. The molecule has 1 aromatic heterocycles. The van der Waals surface area contributed by atoms with E-state index in [0.717, 1.165) is 0 Å². The summed E-state index contributed by atoms with van der Waals surface area (Å²) in [6.45, 7) is 0.0284. The average molecular weight is 567 g/mol. The number of methoxy groups -OCH3 is 2. The topological polar surface area (TPSA) is 89.7 Å². The van der Waals surface area contributed by atoms with Crippen LogP contribution in [0.3, 0.4) is 0 Å². The van der Waals surface area contributed by atoms with Crippen molar-refractivity contribution in [3.05, 3.63) is 60.9 Å². The molecule has 144 valence electrons. The number of esters is 1. The van der Waals surface area contributed by atoms with E-state index in [1.807, 2.05) is 0 Å². The third kappa shape index (κ3) is 5.22. The molecule has 1 heterocycles. The normalized spacial score (nSPS) is 11.2. The van der Waals surface area contributed by atoms with Crippen LogP contribution < -0.4 is 5.48 Å². The van der Waals surface area contributed by atoms with Crippen LogP contribution in [0.25, 0.3) is 5.57 Å². The Morgan fingerprint density at radius 3 is 2.44 bits per heavy atom. The lowest BCUT2D eigenvalue weighted by atomic mass is 10.0. The lowest BCUT2D eigenvalue weighted by Crippen LogP contribution is -2.24. The maximum atomic E-state index is 12.3. The van der Waals surface area contributed by atoms with E-state index in [4.69, 9.17) is 14.3 Å². The maximum Gasteiger partial charge on any atom is 0.341 e. The highest BCUT2D eigenvalue weighted by Crippen LogP contribution is 2.33. The SMILES string of the molecule is CO/C=C(/C(=O)OC)c1ccccc1CONC(=O)c1[nH]c(Br)c(Br)c1Br. The van der Waals surface area contributed by atoms with E-state index in [2.05, 4.69) is 58.3 Å². The van der Waals surface area contributed by atoms with E-state index in [-0.39, 0.29) is 17.9 Å². The smallest absolute Gasteiger partial charge is 0.341 e. The zero-order valence-corrected chi connectivity index (χ0v) is 19.0. The highest BCUT2D eigenvalue weighted by Gasteiger charge is 2.19. The van der Waals surface area contributed by atoms with Crippen LogP contribution in [0.15, 0.2) is 44.1 Å². The fourth-order valence-corrected chi connectivity index (χ4v) is 3.61. The minimum absolute atomic E-state index is 0.0284. The van der Waals surface area contributed by atoms with Crippen molar-refractivity contribution in [2.24, 2.45) is 0 Å². The van der Waals surface area contributed by atoms with Crippen molar-refractivity contribution in [1.82, 2.24) is 10.5 Å². The maximum absolute atomic E-state index is 12.3. The van der Waals surface area contributed by atoms with Gasteiger partial charge in [-0.3, -0.25) is 9.63 Å². The molecule has 2 rings (SSSR count). The number of hydroxylamine groups is 1. The molecule has 0 fully saturated rings. The number of hydrogen-bond donors (Lipinski definition) is 2. The van der Waals surface area contributed by atoms with E-state index in [9.17, 15) is 9.59 Å². The molecule has 10 heteroatoms. The van der Waals surface area contributed by atoms with Gasteiger partial charge in [-0.2, -0.15) is 0 Å². The van der Waals surface area contributed by atoms with E-state index in [0.29, 0.717) is 24.7 Å². The number of hydrogen-bond acceptors (Lipinski definition) is 5. The summed E-state index contributed by atoms with van der Waals surface area (Å²) in [6.07, 6.45) is 1.30. The molecule has 0 atom stereocenters. The standard InChI is InChI=1S/C17H15Br3N2O5/c1-25-8-11(17(24)26-2)10-6-4-3-5-9(10)7-27-22-16(23)14-12(18)13(19)15(20)21-14/h3-6,8,21H,7H2,1-2H3,(H,22,23)/b11-8+. The van der Waals surface area contributed by atoms with E-state index in [1.165, 1.54) is 20.5 Å². The summed E-state index contributed by atoms with van der Waals surface area (Å²) in [5, 5.41) is 0. The van der Waals surface area contributed by atoms with Crippen molar-refractivity contribution in [2.45, 2.75) is 6.61 Å². The van der Waals surface area contributed by atoms with Gasteiger partial charge in [-0.25, -0.2) is 10.3 Å². The van der Waals surface area contributed by atoms with Gasteiger partial charge in [0.15, 0.2) is 0 Å². The van der Waals surface area contributed by atoms with Gasteiger partial charge in [-0.15, -0.1) is 0 Å². The fraction of sp³-hybridized carbons (Fsp3) is 0.176. The van der Waals surface area contributed by atoms with Gasteiger partial charge in [-0.1, -0.05) is 24.3 Å². The second kappa shape index (κ2) is 10.1. The Morgan fingerprint density at radius 1 is 1.15 bits per heavy atom. The molecule has 0 spiro atoms. The van der Waals surface area contributed by atoms with Crippen LogP contribution in [0, 0.1) is 0 Å². The predicted molar refractivity (Wildman–Crippen MR) is 110 cm³/mol. The molecule has 0 aliphatic carbocycles. The fourth-order valence-electron chi connectivity index (χ4n) is 2.17. The summed E-state index contributed by atoms with van der Waals surface area (Å²) < 4.78 is 11.6. The Balaban J connectivity index is 2.12. The molecule has 0 saturated carbocycles. The van der Waals surface area contributed by atoms with Crippen molar-refractivity contribution in [1.29, 1.82) is 0 Å². The van der Waals surface area contributed by atoms with Crippen molar-refractivity contribution in [2.75, 3.05) is 14.2 Å². The van der Waals surface area contributed by atoms with Gasteiger partial charge in [-0.05, 0) is 58.9 Å². The molecule has 7 nitrogen and oxygen atoms in total. The monoisotopic (exact) mass is 564 g/mol. The van der Waals surface area contributed by atoms with Crippen LogP contribution in [0.2, 0.25) is 0 Å². The number of nitrogens with one attached hydrogen (secondary N) is 2. The molecule has 0 aliphatic heterocycles. The number of halogens is 3. The van der Waals surface area contributed by atoms with Gasteiger partial charge in [0, 0.05) is 0 Å². The number of ether oxygens (including phenoxy) is 2. The summed E-state index contributed by atoms with van der Waals surface area (Å²) in [5.74, 6) is -1.01. The molecule has 2 N–H and O–H groups in total. The Labute approximate surface area is 180 Å². The molecule has 2 aromatic rings. The zero-order chi connectivity index (χ0) is 20.0. The van der Waals surface area contributed by atoms with Gasteiger partial charge in [0.1, 0.15) is 17.9 Å². The summed E-state index contributed by atoms with van der Waals surface area (Å²) in [4.78, 5) is 32.5. The van der Waals surface area contributed by atoms with Gasteiger partial charge in [0.05, 0.1) is 34.0 Å². The lowest BCUT2D eigenvalue weighted by Gasteiger charge is -2.12. The Morgan fingerprint density at radius 2 is 1.85 bits per heavy atom. The summed E-state index contributed by atoms with van der Waals surface area (Å²) >= 11 is 9.92. The second-order valence-electron chi connectivity index (χ2n) is 5.08.